The molecule has 1 aliphatic rings. The lowest BCUT2D eigenvalue weighted by Gasteiger charge is -2.36. The molecular formula is C24H23FN2O2S. The molecule has 1 heterocycles. The molecule has 3 aromatic rings. The third-order valence-electron chi connectivity index (χ3n) is 5.41. The Balaban J connectivity index is 1.32. The summed E-state index contributed by atoms with van der Waals surface area (Å²) >= 11 is 1.54. The van der Waals surface area contributed by atoms with E-state index in [4.69, 9.17) is 0 Å². The Labute approximate surface area is 179 Å². The molecule has 30 heavy (non-hydrogen) atoms. The monoisotopic (exact) mass is 422 g/mol. The molecule has 0 bridgehead atoms. The topological polar surface area (TPSA) is 40.6 Å². The van der Waals surface area contributed by atoms with Crippen LogP contribution in [0.25, 0.3) is 10.8 Å². The minimum atomic E-state index is -0.394. The van der Waals surface area contributed by atoms with Gasteiger partial charge in [0.1, 0.15) is 5.82 Å². The molecule has 0 N–H and O–H groups in total. The highest BCUT2D eigenvalue weighted by molar-refractivity contribution is 8.00. The van der Waals surface area contributed by atoms with Gasteiger partial charge >= 0.3 is 0 Å². The highest BCUT2D eigenvalue weighted by Crippen LogP contribution is 2.25. The number of thioether (sulfide) groups is 1. The van der Waals surface area contributed by atoms with Crippen molar-refractivity contribution in [3.63, 3.8) is 0 Å². The lowest BCUT2D eigenvalue weighted by Crippen LogP contribution is -2.49. The van der Waals surface area contributed by atoms with Gasteiger partial charge in [-0.15, -0.1) is 11.8 Å². The van der Waals surface area contributed by atoms with Crippen LogP contribution in [0.2, 0.25) is 0 Å². The highest BCUT2D eigenvalue weighted by atomic mass is 32.2. The molecule has 4 nitrogen and oxygen atoms in total. The third kappa shape index (κ3) is 4.49. The van der Waals surface area contributed by atoms with Crippen LogP contribution < -0.4 is 4.90 Å². The van der Waals surface area contributed by atoms with Crippen LogP contribution in [-0.2, 0) is 4.79 Å². The zero-order valence-corrected chi connectivity index (χ0v) is 17.6. The zero-order valence-electron chi connectivity index (χ0n) is 16.8. The second-order valence-electron chi connectivity index (χ2n) is 7.39. The van der Waals surface area contributed by atoms with Crippen LogP contribution in [0.3, 0.4) is 0 Å². The predicted molar refractivity (Wildman–Crippen MR) is 120 cm³/mol. The molecule has 1 aliphatic heterocycles. The molecule has 1 fully saturated rings. The number of rotatable bonds is 5. The maximum atomic E-state index is 14.4. The lowest BCUT2D eigenvalue weighted by molar-refractivity contribution is -0.128. The smallest absolute Gasteiger partial charge is 0.233 e. The summed E-state index contributed by atoms with van der Waals surface area (Å²) < 4.78 is 14.4. The van der Waals surface area contributed by atoms with E-state index in [2.05, 4.69) is 24.3 Å². The number of Topliss-reactive ketones (excluding diaryl/α,β-unsaturated/α-hetero) is 1. The van der Waals surface area contributed by atoms with E-state index >= 15 is 0 Å². The van der Waals surface area contributed by atoms with Gasteiger partial charge in [0.15, 0.2) is 5.78 Å². The van der Waals surface area contributed by atoms with Gasteiger partial charge in [0, 0.05) is 36.6 Å². The summed E-state index contributed by atoms with van der Waals surface area (Å²) in [5, 5.41) is 2.36. The molecule has 6 heteroatoms. The Kier molecular flexibility index (Phi) is 6.04. The molecule has 1 amide bonds. The first kappa shape index (κ1) is 20.4. The molecule has 4 rings (SSSR count). The summed E-state index contributed by atoms with van der Waals surface area (Å²) in [5.41, 5.74) is 0.855. The Morgan fingerprint density at radius 3 is 2.37 bits per heavy atom. The minimum absolute atomic E-state index is 0.0974. The normalized spacial score (nSPS) is 14.2. The van der Waals surface area contributed by atoms with Crippen molar-refractivity contribution in [3.05, 3.63) is 72.0 Å². The van der Waals surface area contributed by atoms with Crippen LogP contribution in [0.15, 0.2) is 65.6 Å². The first-order chi connectivity index (χ1) is 14.5. The molecular weight excluding hydrogens is 399 g/mol. The second kappa shape index (κ2) is 8.88. The number of carbonyl (C=O) groups excluding carboxylic acids is 2. The summed E-state index contributed by atoms with van der Waals surface area (Å²) in [7, 11) is 0. The van der Waals surface area contributed by atoms with Crippen LogP contribution in [0, 0.1) is 5.82 Å². The predicted octanol–water partition coefficient (Wildman–Crippen LogP) is 4.62. The molecule has 154 valence electrons. The minimum Gasteiger partial charge on any atom is -0.366 e. The maximum Gasteiger partial charge on any atom is 0.233 e. The lowest BCUT2D eigenvalue weighted by atomic mass is 10.1. The van der Waals surface area contributed by atoms with Gasteiger partial charge in [0.25, 0.3) is 0 Å². The number of carbonyl (C=O) groups is 2. The molecule has 3 aromatic carbocycles. The van der Waals surface area contributed by atoms with E-state index in [9.17, 15) is 14.0 Å². The Morgan fingerprint density at radius 2 is 1.67 bits per heavy atom. The Bertz CT molecular complexity index is 1090. The first-order valence-electron chi connectivity index (χ1n) is 9.96. The van der Waals surface area contributed by atoms with E-state index in [1.165, 1.54) is 23.8 Å². The molecule has 0 spiro atoms. The van der Waals surface area contributed by atoms with E-state index in [1.807, 2.05) is 28.0 Å². The van der Waals surface area contributed by atoms with Crippen molar-refractivity contribution < 1.29 is 14.0 Å². The fourth-order valence-corrected chi connectivity index (χ4v) is 4.52. The number of halogens is 1. The number of ketones is 1. The number of piperazine rings is 1. The third-order valence-corrected chi connectivity index (χ3v) is 6.39. The number of anilines is 1. The van der Waals surface area contributed by atoms with Crippen LogP contribution in [0.4, 0.5) is 10.1 Å². The van der Waals surface area contributed by atoms with Crippen molar-refractivity contribution in [1.82, 2.24) is 4.90 Å². The number of hydrogen-bond acceptors (Lipinski definition) is 4. The van der Waals surface area contributed by atoms with Gasteiger partial charge in [0.05, 0.1) is 11.4 Å². The van der Waals surface area contributed by atoms with Crippen LogP contribution in [0.1, 0.15) is 17.3 Å². The van der Waals surface area contributed by atoms with Crippen molar-refractivity contribution in [2.75, 3.05) is 36.8 Å². The number of benzene rings is 3. The Hall–Kier alpha value is -2.86. The fourth-order valence-electron chi connectivity index (χ4n) is 3.67. The summed E-state index contributed by atoms with van der Waals surface area (Å²) in [6.07, 6.45) is 0. The first-order valence-corrected chi connectivity index (χ1v) is 10.9. The van der Waals surface area contributed by atoms with Gasteiger partial charge in [-0.25, -0.2) is 4.39 Å². The maximum absolute atomic E-state index is 14.4. The van der Waals surface area contributed by atoms with Crippen LogP contribution in [0.5, 0.6) is 0 Å². The molecule has 0 unspecified atom stereocenters. The molecule has 0 atom stereocenters. The number of amides is 1. The SMILES string of the molecule is CC(=O)c1ccc(N2CCN(C(=O)CSc3ccc4ccccc4c3)CC2)c(F)c1. The standard InChI is InChI=1S/C24H23FN2O2S/c1-17(28)19-7-9-23(22(25)15-19)26-10-12-27(13-11-26)24(29)16-30-21-8-6-18-4-2-3-5-20(18)14-21/h2-9,14-15H,10-13,16H2,1H3. The summed E-state index contributed by atoms with van der Waals surface area (Å²) in [5.74, 6) is -0.0608. The zero-order chi connectivity index (χ0) is 21.1. The van der Waals surface area contributed by atoms with Crippen molar-refractivity contribution in [2.24, 2.45) is 0 Å². The second-order valence-corrected chi connectivity index (χ2v) is 8.44. The average molecular weight is 423 g/mol. The molecule has 0 aromatic heterocycles. The van der Waals surface area contributed by atoms with Gasteiger partial charge in [-0.1, -0.05) is 30.3 Å². The number of nitrogens with zero attached hydrogens (tertiary/aromatic N) is 2. The molecule has 0 aliphatic carbocycles. The summed E-state index contributed by atoms with van der Waals surface area (Å²) in [6.45, 7) is 3.69. The molecule has 0 radical (unpaired) electrons. The van der Waals surface area contributed by atoms with Crippen molar-refractivity contribution >= 4 is 39.9 Å². The Morgan fingerprint density at radius 1 is 0.933 bits per heavy atom. The summed E-state index contributed by atoms with van der Waals surface area (Å²) in [4.78, 5) is 28.9. The molecule has 1 saturated heterocycles. The average Bonchev–Trinajstić information content (AvgIpc) is 2.77. The van der Waals surface area contributed by atoms with Gasteiger partial charge in [-0.3, -0.25) is 9.59 Å². The highest BCUT2D eigenvalue weighted by Gasteiger charge is 2.23. The van der Waals surface area contributed by atoms with E-state index in [0.29, 0.717) is 43.2 Å². The quantitative estimate of drug-likeness (QED) is 0.444. The number of fused-ring (bicyclic) bond motifs is 1. The summed E-state index contributed by atoms with van der Waals surface area (Å²) in [6, 6.07) is 19.0. The van der Waals surface area contributed by atoms with Crippen molar-refractivity contribution in [2.45, 2.75) is 11.8 Å². The van der Waals surface area contributed by atoms with Gasteiger partial charge < -0.3 is 9.80 Å². The van der Waals surface area contributed by atoms with E-state index in [0.717, 1.165) is 4.90 Å². The van der Waals surface area contributed by atoms with Gasteiger partial charge in [-0.05, 0) is 48.0 Å². The van der Waals surface area contributed by atoms with Gasteiger partial charge in [0.2, 0.25) is 5.91 Å². The van der Waals surface area contributed by atoms with E-state index < -0.39 is 5.82 Å². The van der Waals surface area contributed by atoms with E-state index in [-0.39, 0.29) is 11.7 Å². The van der Waals surface area contributed by atoms with Crippen molar-refractivity contribution in [1.29, 1.82) is 0 Å². The fraction of sp³-hybridized carbons (Fsp3) is 0.250. The van der Waals surface area contributed by atoms with Gasteiger partial charge in [-0.2, -0.15) is 0 Å². The van der Waals surface area contributed by atoms with Crippen LogP contribution >= 0.6 is 11.8 Å². The molecule has 0 saturated carbocycles. The van der Waals surface area contributed by atoms with Crippen molar-refractivity contribution in [3.8, 4) is 0 Å². The van der Waals surface area contributed by atoms with Crippen LogP contribution in [-0.4, -0.2) is 48.5 Å². The largest absolute Gasteiger partial charge is 0.366 e. The van der Waals surface area contributed by atoms with E-state index in [1.54, 1.807) is 23.9 Å². The number of hydrogen-bond donors (Lipinski definition) is 0.